The molecule has 2 heterocycles. The second-order valence-corrected chi connectivity index (χ2v) is 7.26. The standard InChI is InChI=1S/C20H22ClN3O/c21-15-8-9-18-17(12-15)24-20(23-16-7-4-10-22-13-16)19(25-18)11-14-5-2-1-3-6-14/h4,7-10,12-14,19H,1-3,5-6,11H2,(H,23,24)/t19-/m1/s1. The molecule has 0 radical (unpaired) electrons. The summed E-state index contributed by atoms with van der Waals surface area (Å²) in [5, 5.41) is 4.06. The smallest absolute Gasteiger partial charge is 0.156 e. The van der Waals surface area contributed by atoms with E-state index < -0.39 is 0 Å². The minimum absolute atomic E-state index is 0.0584. The van der Waals surface area contributed by atoms with Crippen LogP contribution in [-0.2, 0) is 0 Å². The summed E-state index contributed by atoms with van der Waals surface area (Å²) in [6, 6.07) is 9.51. The summed E-state index contributed by atoms with van der Waals surface area (Å²) >= 11 is 6.12. The molecule has 4 rings (SSSR count). The van der Waals surface area contributed by atoms with Gasteiger partial charge in [-0.3, -0.25) is 4.98 Å². The van der Waals surface area contributed by atoms with Gasteiger partial charge < -0.3 is 10.1 Å². The third kappa shape index (κ3) is 3.96. The van der Waals surface area contributed by atoms with E-state index in [0.717, 1.165) is 29.4 Å². The van der Waals surface area contributed by atoms with Gasteiger partial charge in [0.15, 0.2) is 6.10 Å². The minimum atomic E-state index is -0.0584. The maximum absolute atomic E-state index is 6.30. The molecule has 1 aromatic heterocycles. The van der Waals surface area contributed by atoms with Crippen LogP contribution in [0.3, 0.4) is 0 Å². The number of hydrogen-bond acceptors (Lipinski definition) is 4. The van der Waals surface area contributed by atoms with Crippen LogP contribution >= 0.6 is 11.6 Å². The Morgan fingerprint density at radius 1 is 1.16 bits per heavy atom. The third-order valence-corrected chi connectivity index (χ3v) is 5.18. The first-order chi connectivity index (χ1) is 12.3. The number of aliphatic imine (C=N–C) groups is 1. The number of halogens is 1. The molecule has 1 aliphatic heterocycles. The zero-order chi connectivity index (χ0) is 17.1. The molecule has 4 nitrogen and oxygen atoms in total. The molecule has 1 atom stereocenters. The van der Waals surface area contributed by atoms with Crippen LogP contribution in [0.4, 0.5) is 11.4 Å². The average Bonchev–Trinajstić information content (AvgIpc) is 2.64. The summed E-state index contributed by atoms with van der Waals surface area (Å²) in [5.41, 5.74) is 1.70. The van der Waals surface area contributed by atoms with E-state index in [9.17, 15) is 0 Å². The highest BCUT2D eigenvalue weighted by atomic mass is 35.5. The zero-order valence-corrected chi connectivity index (χ0v) is 14.9. The first-order valence-electron chi connectivity index (χ1n) is 9.00. The number of anilines is 1. The number of rotatable bonds is 3. The molecule has 1 aromatic carbocycles. The molecule has 130 valence electrons. The normalized spacial score (nSPS) is 20.4. The lowest BCUT2D eigenvalue weighted by Gasteiger charge is -2.31. The van der Waals surface area contributed by atoms with E-state index in [-0.39, 0.29) is 6.10 Å². The number of ether oxygens (including phenoxy) is 1. The number of amidine groups is 1. The monoisotopic (exact) mass is 355 g/mol. The van der Waals surface area contributed by atoms with Crippen molar-refractivity contribution in [3.8, 4) is 5.75 Å². The van der Waals surface area contributed by atoms with Gasteiger partial charge in [-0.1, -0.05) is 43.7 Å². The van der Waals surface area contributed by atoms with Crippen LogP contribution in [0.5, 0.6) is 5.75 Å². The lowest BCUT2D eigenvalue weighted by Crippen LogP contribution is -2.37. The molecule has 1 N–H and O–H groups in total. The summed E-state index contributed by atoms with van der Waals surface area (Å²) in [4.78, 5) is 8.99. The van der Waals surface area contributed by atoms with Crippen LogP contribution in [0.15, 0.2) is 47.7 Å². The Morgan fingerprint density at radius 2 is 2.04 bits per heavy atom. The van der Waals surface area contributed by atoms with Gasteiger partial charge in [-0.15, -0.1) is 0 Å². The molecule has 5 heteroatoms. The van der Waals surface area contributed by atoms with Crippen molar-refractivity contribution in [2.45, 2.75) is 44.6 Å². The van der Waals surface area contributed by atoms with E-state index in [2.05, 4.69) is 10.3 Å². The fraction of sp³-hybridized carbons (Fsp3) is 0.400. The van der Waals surface area contributed by atoms with E-state index in [1.165, 1.54) is 32.1 Å². The van der Waals surface area contributed by atoms with Crippen LogP contribution in [0.2, 0.25) is 5.02 Å². The molecular weight excluding hydrogens is 334 g/mol. The van der Waals surface area contributed by atoms with E-state index >= 15 is 0 Å². The van der Waals surface area contributed by atoms with Crippen LogP contribution in [-0.4, -0.2) is 16.9 Å². The molecule has 1 saturated carbocycles. The zero-order valence-electron chi connectivity index (χ0n) is 14.1. The maximum atomic E-state index is 6.30. The van der Waals surface area contributed by atoms with Crippen molar-refractivity contribution in [3.63, 3.8) is 0 Å². The highest BCUT2D eigenvalue weighted by molar-refractivity contribution is 6.31. The predicted molar refractivity (Wildman–Crippen MR) is 102 cm³/mol. The van der Waals surface area contributed by atoms with Gasteiger partial charge in [0.1, 0.15) is 17.3 Å². The molecule has 0 amide bonds. The molecule has 2 aliphatic rings. The van der Waals surface area contributed by atoms with Crippen LogP contribution in [0.1, 0.15) is 38.5 Å². The lowest BCUT2D eigenvalue weighted by atomic mass is 9.85. The molecule has 0 unspecified atom stereocenters. The summed E-state index contributed by atoms with van der Waals surface area (Å²) < 4.78 is 6.30. The van der Waals surface area contributed by atoms with Gasteiger partial charge in [0.05, 0.1) is 11.9 Å². The van der Waals surface area contributed by atoms with Crippen LogP contribution < -0.4 is 10.1 Å². The van der Waals surface area contributed by atoms with Crippen molar-refractivity contribution in [2.24, 2.45) is 10.9 Å². The van der Waals surface area contributed by atoms with Crippen molar-refractivity contribution in [1.29, 1.82) is 0 Å². The van der Waals surface area contributed by atoms with Crippen molar-refractivity contribution < 1.29 is 4.74 Å². The van der Waals surface area contributed by atoms with Gasteiger partial charge >= 0.3 is 0 Å². The summed E-state index contributed by atoms with van der Waals surface area (Å²) in [6.45, 7) is 0. The second kappa shape index (κ2) is 7.44. The third-order valence-electron chi connectivity index (χ3n) is 4.94. The highest BCUT2D eigenvalue weighted by Gasteiger charge is 2.28. The summed E-state index contributed by atoms with van der Waals surface area (Å²) in [5.74, 6) is 2.35. The Labute approximate surface area is 153 Å². The Morgan fingerprint density at radius 3 is 2.84 bits per heavy atom. The quantitative estimate of drug-likeness (QED) is 0.778. The van der Waals surface area contributed by atoms with E-state index in [4.69, 9.17) is 21.3 Å². The number of nitrogens with zero attached hydrogens (tertiary/aromatic N) is 2. The lowest BCUT2D eigenvalue weighted by molar-refractivity contribution is 0.202. The number of pyridine rings is 1. The SMILES string of the molecule is Clc1ccc2c(c1)N=C(Nc1cccnc1)[C@@H](CC1CCCCC1)O2. The van der Waals surface area contributed by atoms with Gasteiger partial charge in [0.25, 0.3) is 0 Å². The number of aromatic nitrogens is 1. The fourth-order valence-electron chi connectivity index (χ4n) is 3.67. The maximum Gasteiger partial charge on any atom is 0.156 e. The molecule has 1 aliphatic carbocycles. The fourth-order valence-corrected chi connectivity index (χ4v) is 3.83. The van der Waals surface area contributed by atoms with Crippen LogP contribution in [0.25, 0.3) is 0 Å². The van der Waals surface area contributed by atoms with Gasteiger partial charge in [-0.05, 0) is 42.7 Å². The highest BCUT2D eigenvalue weighted by Crippen LogP contribution is 2.37. The predicted octanol–water partition coefficient (Wildman–Crippen LogP) is 5.61. The number of hydrogen-bond donors (Lipinski definition) is 1. The number of nitrogens with one attached hydrogen (secondary N) is 1. The van der Waals surface area contributed by atoms with E-state index in [1.54, 1.807) is 12.4 Å². The largest absolute Gasteiger partial charge is 0.480 e. The summed E-state index contributed by atoms with van der Waals surface area (Å²) in [7, 11) is 0. The van der Waals surface area contributed by atoms with Gasteiger partial charge in [0.2, 0.25) is 0 Å². The second-order valence-electron chi connectivity index (χ2n) is 6.82. The van der Waals surface area contributed by atoms with Crippen molar-refractivity contribution in [3.05, 3.63) is 47.7 Å². The van der Waals surface area contributed by atoms with Crippen molar-refractivity contribution in [2.75, 3.05) is 5.32 Å². The Balaban J connectivity index is 1.60. The average molecular weight is 356 g/mol. The molecule has 2 aromatic rings. The first-order valence-corrected chi connectivity index (χ1v) is 9.37. The molecule has 25 heavy (non-hydrogen) atoms. The molecule has 1 fully saturated rings. The van der Waals surface area contributed by atoms with E-state index in [0.29, 0.717) is 10.9 Å². The molecule has 0 saturated heterocycles. The topological polar surface area (TPSA) is 46.5 Å². The van der Waals surface area contributed by atoms with Crippen molar-refractivity contribution in [1.82, 2.24) is 4.98 Å². The van der Waals surface area contributed by atoms with E-state index in [1.807, 2.05) is 30.3 Å². The molecule has 0 spiro atoms. The van der Waals surface area contributed by atoms with Gasteiger partial charge in [0, 0.05) is 11.2 Å². The minimum Gasteiger partial charge on any atom is -0.480 e. The number of fused-ring (bicyclic) bond motifs is 1. The van der Waals surface area contributed by atoms with Gasteiger partial charge in [-0.25, -0.2) is 4.99 Å². The summed E-state index contributed by atoms with van der Waals surface area (Å²) in [6.07, 6.45) is 11.1. The Hall–Kier alpha value is -2.07. The van der Waals surface area contributed by atoms with Crippen molar-refractivity contribution >= 4 is 28.8 Å². The Kier molecular flexibility index (Phi) is 4.88. The first kappa shape index (κ1) is 16.4. The van der Waals surface area contributed by atoms with Gasteiger partial charge in [-0.2, -0.15) is 0 Å². The molecular formula is C20H22ClN3O. The Bertz CT molecular complexity index is 757. The van der Waals surface area contributed by atoms with Crippen LogP contribution in [0, 0.1) is 5.92 Å². The molecule has 0 bridgehead atoms. The number of benzene rings is 1.